The standard InChI is InChI=1S/C17H20BrN3O3/c1-17(2,3)24-16(22)21-10-4-5-13(21)15-20-19-14(23-15)11-6-8-12(18)9-7-11/h6-9,13H,4-5,10H2,1-3H3. The van der Waals surface area contributed by atoms with Gasteiger partial charge < -0.3 is 9.15 Å². The number of hydrogen-bond acceptors (Lipinski definition) is 5. The van der Waals surface area contributed by atoms with Gasteiger partial charge in [-0.1, -0.05) is 15.9 Å². The van der Waals surface area contributed by atoms with Crippen LogP contribution >= 0.6 is 15.9 Å². The molecule has 0 spiro atoms. The van der Waals surface area contributed by atoms with Gasteiger partial charge in [0.25, 0.3) is 0 Å². The normalized spacial score (nSPS) is 18.0. The molecular weight excluding hydrogens is 374 g/mol. The molecule has 0 bridgehead atoms. The van der Waals surface area contributed by atoms with Crippen molar-refractivity contribution in [2.45, 2.75) is 45.3 Å². The van der Waals surface area contributed by atoms with Crippen LogP contribution in [0.3, 0.4) is 0 Å². The zero-order chi connectivity index (χ0) is 17.3. The molecule has 1 aliphatic rings. The van der Waals surface area contributed by atoms with Gasteiger partial charge in [0.1, 0.15) is 11.6 Å². The van der Waals surface area contributed by atoms with Crippen LogP contribution in [0, 0.1) is 0 Å². The van der Waals surface area contributed by atoms with Crippen molar-refractivity contribution in [1.29, 1.82) is 0 Å². The minimum atomic E-state index is -0.526. The first-order chi connectivity index (χ1) is 11.3. The third-order valence-electron chi connectivity index (χ3n) is 3.70. The Morgan fingerprint density at radius 1 is 1.29 bits per heavy atom. The van der Waals surface area contributed by atoms with E-state index in [1.54, 1.807) is 4.90 Å². The van der Waals surface area contributed by atoms with Crippen LogP contribution in [0.5, 0.6) is 0 Å². The van der Waals surface area contributed by atoms with Crippen LogP contribution in [0.2, 0.25) is 0 Å². The average Bonchev–Trinajstić information content (AvgIpc) is 3.15. The van der Waals surface area contributed by atoms with Gasteiger partial charge in [0.2, 0.25) is 11.8 Å². The van der Waals surface area contributed by atoms with Crippen LogP contribution in [0.4, 0.5) is 4.79 Å². The highest BCUT2D eigenvalue weighted by Gasteiger charge is 2.36. The summed E-state index contributed by atoms with van der Waals surface area (Å²) in [5.41, 5.74) is 0.320. The smallest absolute Gasteiger partial charge is 0.410 e. The molecule has 7 heteroatoms. The van der Waals surface area contributed by atoms with Crippen LogP contribution < -0.4 is 0 Å². The molecule has 1 unspecified atom stereocenters. The van der Waals surface area contributed by atoms with Gasteiger partial charge in [0, 0.05) is 16.6 Å². The summed E-state index contributed by atoms with van der Waals surface area (Å²) in [6.07, 6.45) is 1.34. The lowest BCUT2D eigenvalue weighted by Crippen LogP contribution is -2.36. The van der Waals surface area contributed by atoms with Crippen molar-refractivity contribution < 1.29 is 13.9 Å². The molecule has 2 aromatic rings. The lowest BCUT2D eigenvalue weighted by Gasteiger charge is -2.27. The van der Waals surface area contributed by atoms with Gasteiger partial charge in [-0.25, -0.2) is 4.79 Å². The van der Waals surface area contributed by atoms with Crippen molar-refractivity contribution in [3.8, 4) is 11.5 Å². The molecule has 0 N–H and O–H groups in total. The molecule has 24 heavy (non-hydrogen) atoms. The third-order valence-corrected chi connectivity index (χ3v) is 4.23. The summed E-state index contributed by atoms with van der Waals surface area (Å²) in [5, 5.41) is 8.27. The third kappa shape index (κ3) is 3.77. The summed E-state index contributed by atoms with van der Waals surface area (Å²) in [6, 6.07) is 7.42. The van der Waals surface area contributed by atoms with Crippen LogP contribution in [0.1, 0.15) is 45.5 Å². The van der Waals surface area contributed by atoms with Gasteiger partial charge in [-0.2, -0.15) is 0 Å². The minimum absolute atomic E-state index is 0.225. The highest BCUT2D eigenvalue weighted by atomic mass is 79.9. The summed E-state index contributed by atoms with van der Waals surface area (Å²) in [7, 11) is 0. The van der Waals surface area contributed by atoms with E-state index in [1.165, 1.54) is 0 Å². The van der Waals surface area contributed by atoms with Crippen LogP contribution in [-0.4, -0.2) is 33.3 Å². The first kappa shape index (κ1) is 17.0. The zero-order valence-corrected chi connectivity index (χ0v) is 15.5. The molecule has 1 aliphatic heterocycles. The molecule has 0 saturated carbocycles. The quantitative estimate of drug-likeness (QED) is 0.746. The molecule has 0 radical (unpaired) electrons. The Morgan fingerprint density at radius 2 is 2.00 bits per heavy atom. The molecule has 0 aliphatic carbocycles. The Labute approximate surface area is 149 Å². The monoisotopic (exact) mass is 393 g/mol. The minimum Gasteiger partial charge on any atom is -0.444 e. The molecule has 1 aromatic heterocycles. The number of amides is 1. The number of carbonyl (C=O) groups excluding carboxylic acids is 1. The highest BCUT2D eigenvalue weighted by Crippen LogP contribution is 2.33. The number of nitrogens with zero attached hydrogens (tertiary/aromatic N) is 3. The molecule has 2 heterocycles. The maximum Gasteiger partial charge on any atom is 0.410 e. The second-order valence-electron chi connectivity index (χ2n) is 6.78. The fraction of sp³-hybridized carbons (Fsp3) is 0.471. The lowest BCUT2D eigenvalue weighted by molar-refractivity contribution is 0.0204. The number of rotatable bonds is 2. The van der Waals surface area contributed by atoms with E-state index >= 15 is 0 Å². The molecular formula is C17H20BrN3O3. The Hall–Kier alpha value is -1.89. The number of carbonyl (C=O) groups is 1. The number of halogens is 1. The summed E-state index contributed by atoms with van der Waals surface area (Å²) in [4.78, 5) is 14.0. The fourth-order valence-corrected chi connectivity index (χ4v) is 2.91. The van der Waals surface area contributed by atoms with E-state index in [4.69, 9.17) is 9.15 Å². The van der Waals surface area contributed by atoms with Gasteiger partial charge in [-0.05, 0) is 57.9 Å². The SMILES string of the molecule is CC(C)(C)OC(=O)N1CCCC1c1nnc(-c2ccc(Br)cc2)o1. The average molecular weight is 394 g/mol. The van der Waals surface area contributed by atoms with E-state index in [0.29, 0.717) is 18.3 Å². The van der Waals surface area contributed by atoms with E-state index in [0.717, 1.165) is 22.9 Å². The van der Waals surface area contributed by atoms with E-state index < -0.39 is 5.60 Å². The van der Waals surface area contributed by atoms with Gasteiger partial charge in [-0.15, -0.1) is 10.2 Å². The Morgan fingerprint density at radius 3 is 2.67 bits per heavy atom. The predicted octanol–water partition coefficient (Wildman–Crippen LogP) is 4.57. The summed E-state index contributed by atoms with van der Waals surface area (Å²) >= 11 is 3.40. The number of ether oxygens (including phenoxy) is 1. The topological polar surface area (TPSA) is 68.5 Å². The fourth-order valence-electron chi connectivity index (χ4n) is 2.64. The van der Waals surface area contributed by atoms with E-state index in [2.05, 4.69) is 26.1 Å². The molecule has 6 nitrogen and oxygen atoms in total. The van der Waals surface area contributed by atoms with Crippen molar-refractivity contribution in [3.05, 3.63) is 34.6 Å². The van der Waals surface area contributed by atoms with E-state index in [1.807, 2.05) is 45.0 Å². The summed E-state index contributed by atoms with van der Waals surface area (Å²) in [5.74, 6) is 0.907. The number of hydrogen-bond donors (Lipinski definition) is 0. The van der Waals surface area contributed by atoms with Crippen molar-refractivity contribution in [2.75, 3.05) is 6.54 Å². The summed E-state index contributed by atoms with van der Waals surface area (Å²) in [6.45, 7) is 6.20. The van der Waals surface area contributed by atoms with E-state index in [9.17, 15) is 4.79 Å². The second-order valence-corrected chi connectivity index (χ2v) is 7.70. The second kappa shape index (κ2) is 6.55. The molecule has 1 fully saturated rings. The Bertz CT molecular complexity index is 721. The molecule has 1 atom stereocenters. The Kier molecular flexibility index (Phi) is 4.62. The maximum atomic E-state index is 12.4. The molecule has 1 saturated heterocycles. The van der Waals surface area contributed by atoms with Crippen molar-refractivity contribution in [1.82, 2.24) is 15.1 Å². The van der Waals surface area contributed by atoms with Crippen LogP contribution in [0.15, 0.2) is 33.2 Å². The van der Waals surface area contributed by atoms with Gasteiger partial charge in [0.05, 0.1) is 0 Å². The summed E-state index contributed by atoms with van der Waals surface area (Å²) < 4.78 is 12.3. The van der Waals surface area contributed by atoms with Crippen LogP contribution in [0.25, 0.3) is 11.5 Å². The first-order valence-corrected chi connectivity index (χ1v) is 8.72. The first-order valence-electron chi connectivity index (χ1n) is 7.92. The predicted molar refractivity (Wildman–Crippen MR) is 92.3 cm³/mol. The van der Waals surface area contributed by atoms with Crippen molar-refractivity contribution in [2.24, 2.45) is 0 Å². The molecule has 128 valence electrons. The number of aromatic nitrogens is 2. The van der Waals surface area contributed by atoms with Gasteiger partial charge in [0.15, 0.2) is 0 Å². The van der Waals surface area contributed by atoms with Gasteiger partial charge >= 0.3 is 6.09 Å². The molecule has 1 amide bonds. The van der Waals surface area contributed by atoms with Gasteiger partial charge in [-0.3, -0.25) is 4.90 Å². The highest BCUT2D eigenvalue weighted by molar-refractivity contribution is 9.10. The Balaban J connectivity index is 1.78. The van der Waals surface area contributed by atoms with Crippen molar-refractivity contribution >= 4 is 22.0 Å². The number of benzene rings is 1. The van der Waals surface area contributed by atoms with E-state index in [-0.39, 0.29) is 12.1 Å². The van der Waals surface area contributed by atoms with Crippen molar-refractivity contribution in [3.63, 3.8) is 0 Å². The molecule has 3 rings (SSSR count). The zero-order valence-electron chi connectivity index (χ0n) is 14.0. The number of likely N-dealkylation sites (tertiary alicyclic amines) is 1. The van der Waals surface area contributed by atoms with Crippen LogP contribution in [-0.2, 0) is 4.74 Å². The largest absolute Gasteiger partial charge is 0.444 e. The molecule has 1 aromatic carbocycles. The maximum absolute atomic E-state index is 12.4. The lowest BCUT2D eigenvalue weighted by atomic mass is 10.2.